The number of hydrogen-bond acceptors (Lipinski definition) is 5. The smallest absolute Gasteiger partial charge is 0.306 e. The number of nitrogens with zero attached hydrogens (tertiary/aromatic N) is 2. The molecule has 9 heteroatoms. The molecule has 1 aliphatic heterocycles. The lowest BCUT2D eigenvalue weighted by atomic mass is 9.81. The summed E-state index contributed by atoms with van der Waals surface area (Å²) in [7, 11) is 0. The molecule has 0 spiro atoms. The monoisotopic (exact) mass is 544 g/mol. The molecule has 1 saturated heterocycles. The SMILES string of the molecule is CC(c1ccc(Cl)cc1)N(Cc1ccc(OCCN2C(=O)CCC2=O)c(F)c1)C[C@H]1CC[C@H](C(=O)O)CC1. The Balaban J connectivity index is 1.42. The Hall–Kier alpha value is -2.97. The lowest BCUT2D eigenvalue weighted by Crippen LogP contribution is -2.34. The van der Waals surface area contributed by atoms with Crippen molar-refractivity contribution in [2.24, 2.45) is 11.8 Å². The van der Waals surface area contributed by atoms with Crippen molar-refractivity contribution in [2.75, 3.05) is 19.7 Å². The van der Waals surface area contributed by atoms with Gasteiger partial charge in [-0.25, -0.2) is 4.39 Å². The van der Waals surface area contributed by atoms with Crippen LogP contribution in [0, 0.1) is 17.7 Å². The minimum absolute atomic E-state index is 0.0342. The first-order chi connectivity index (χ1) is 18.2. The largest absolute Gasteiger partial charge is 0.489 e. The number of carboxylic acid groups (broad SMARTS) is 1. The molecule has 7 nitrogen and oxygen atoms in total. The van der Waals surface area contributed by atoms with Crippen LogP contribution >= 0.6 is 11.6 Å². The maximum atomic E-state index is 14.9. The molecule has 2 amide bonds. The second-order valence-corrected chi connectivity index (χ2v) is 10.7. The predicted octanol–water partition coefficient (Wildman–Crippen LogP) is 5.46. The van der Waals surface area contributed by atoms with Crippen molar-refractivity contribution in [2.45, 2.75) is 58.0 Å². The van der Waals surface area contributed by atoms with E-state index >= 15 is 0 Å². The van der Waals surface area contributed by atoms with E-state index in [1.807, 2.05) is 30.3 Å². The van der Waals surface area contributed by atoms with Crippen molar-refractivity contribution < 1.29 is 28.6 Å². The molecular weight excluding hydrogens is 511 g/mol. The van der Waals surface area contributed by atoms with Crippen LogP contribution in [-0.2, 0) is 20.9 Å². The molecule has 1 heterocycles. The summed E-state index contributed by atoms with van der Waals surface area (Å²) in [5, 5.41) is 10.0. The molecule has 1 N–H and O–H groups in total. The topological polar surface area (TPSA) is 87.2 Å². The van der Waals surface area contributed by atoms with Crippen molar-refractivity contribution in [3.63, 3.8) is 0 Å². The fraction of sp³-hybridized carbons (Fsp3) is 0.483. The third kappa shape index (κ3) is 7.11. The fourth-order valence-corrected chi connectivity index (χ4v) is 5.47. The van der Waals surface area contributed by atoms with Gasteiger partial charge in [-0.3, -0.25) is 24.2 Å². The number of amides is 2. The first-order valence-electron chi connectivity index (χ1n) is 13.2. The van der Waals surface area contributed by atoms with Crippen LogP contribution in [0.4, 0.5) is 4.39 Å². The van der Waals surface area contributed by atoms with Crippen molar-refractivity contribution >= 4 is 29.4 Å². The quantitative estimate of drug-likeness (QED) is 0.378. The van der Waals surface area contributed by atoms with E-state index in [9.17, 15) is 23.9 Å². The maximum absolute atomic E-state index is 14.9. The van der Waals surface area contributed by atoms with Crippen molar-refractivity contribution in [3.8, 4) is 5.75 Å². The number of carbonyl (C=O) groups excluding carboxylic acids is 2. The van der Waals surface area contributed by atoms with Gasteiger partial charge < -0.3 is 9.84 Å². The van der Waals surface area contributed by atoms with Crippen LogP contribution in [0.25, 0.3) is 0 Å². The number of likely N-dealkylation sites (tertiary alicyclic amines) is 1. The van der Waals surface area contributed by atoms with E-state index in [4.69, 9.17) is 16.3 Å². The van der Waals surface area contributed by atoms with E-state index in [-0.39, 0.29) is 55.5 Å². The lowest BCUT2D eigenvalue weighted by Gasteiger charge is -2.35. The average molecular weight is 545 g/mol. The molecular formula is C29H34ClFN2O5. The molecule has 1 atom stereocenters. The minimum Gasteiger partial charge on any atom is -0.489 e. The van der Waals surface area contributed by atoms with Gasteiger partial charge in [-0.05, 0) is 73.9 Å². The highest BCUT2D eigenvalue weighted by molar-refractivity contribution is 6.30. The summed E-state index contributed by atoms with van der Waals surface area (Å²) in [6.45, 7) is 3.53. The van der Waals surface area contributed by atoms with Crippen LogP contribution in [0.1, 0.15) is 62.6 Å². The predicted molar refractivity (Wildman–Crippen MR) is 141 cm³/mol. The Labute approximate surface area is 227 Å². The van der Waals surface area contributed by atoms with E-state index in [0.717, 1.165) is 35.4 Å². The van der Waals surface area contributed by atoms with Crippen LogP contribution in [-0.4, -0.2) is 52.4 Å². The summed E-state index contributed by atoms with van der Waals surface area (Å²) in [6.07, 6.45) is 3.49. The maximum Gasteiger partial charge on any atom is 0.306 e. The second kappa shape index (κ2) is 12.7. The van der Waals surface area contributed by atoms with Crippen LogP contribution in [0.5, 0.6) is 5.75 Å². The van der Waals surface area contributed by atoms with E-state index in [1.54, 1.807) is 6.07 Å². The normalized spacial score (nSPS) is 20.7. The summed E-state index contributed by atoms with van der Waals surface area (Å²) in [6, 6.07) is 12.6. The number of halogens is 2. The van der Waals surface area contributed by atoms with Crippen molar-refractivity contribution in [1.82, 2.24) is 9.80 Å². The number of benzene rings is 2. The molecule has 0 bridgehead atoms. The molecule has 2 fully saturated rings. The van der Waals surface area contributed by atoms with E-state index in [1.165, 1.54) is 6.07 Å². The molecule has 38 heavy (non-hydrogen) atoms. The minimum atomic E-state index is -0.716. The molecule has 1 saturated carbocycles. The van der Waals surface area contributed by atoms with Gasteiger partial charge in [0.1, 0.15) is 6.61 Å². The summed E-state index contributed by atoms with van der Waals surface area (Å²) >= 11 is 6.09. The van der Waals surface area contributed by atoms with Crippen molar-refractivity contribution in [3.05, 3.63) is 64.4 Å². The van der Waals surface area contributed by atoms with Gasteiger partial charge in [0.05, 0.1) is 12.5 Å². The number of rotatable bonds is 11. The Morgan fingerprint density at radius 2 is 1.76 bits per heavy atom. The zero-order valence-corrected chi connectivity index (χ0v) is 22.3. The van der Waals surface area contributed by atoms with Gasteiger partial charge in [-0.15, -0.1) is 0 Å². The van der Waals surface area contributed by atoms with Gasteiger partial charge in [0.2, 0.25) is 11.8 Å². The summed E-state index contributed by atoms with van der Waals surface area (Å²) in [5.74, 6) is -1.48. The van der Waals surface area contributed by atoms with Crippen LogP contribution in [0.2, 0.25) is 5.02 Å². The Morgan fingerprint density at radius 3 is 2.37 bits per heavy atom. The zero-order chi connectivity index (χ0) is 27.2. The van der Waals surface area contributed by atoms with Gasteiger partial charge in [0, 0.05) is 37.0 Å². The first kappa shape index (κ1) is 28.0. The van der Waals surface area contributed by atoms with Gasteiger partial charge in [0.15, 0.2) is 11.6 Å². The zero-order valence-electron chi connectivity index (χ0n) is 21.6. The third-order valence-electron chi connectivity index (χ3n) is 7.70. The Bertz CT molecular complexity index is 1130. The number of carbonyl (C=O) groups is 3. The van der Waals surface area contributed by atoms with Crippen LogP contribution < -0.4 is 4.74 Å². The highest BCUT2D eigenvalue weighted by Gasteiger charge is 2.30. The highest BCUT2D eigenvalue weighted by Crippen LogP contribution is 2.33. The number of imide groups is 1. The molecule has 4 rings (SSSR count). The summed E-state index contributed by atoms with van der Waals surface area (Å²) < 4.78 is 20.5. The highest BCUT2D eigenvalue weighted by atomic mass is 35.5. The number of aliphatic carboxylic acids is 1. The molecule has 2 aliphatic rings. The van der Waals surface area contributed by atoms with Crippen LogP contribution in [0.15, 0.2) is 42.5 Å². The number of carboxylic acids is 1. The summed E-state index contributed by atoms with van der Waals surface area (Å²) in [5.41, 5.74) is 1.89. The Morgan fingerprint density at radius 1 is 1.11 bits per heavy atom. The van der Waals surface area contributed by atoms with E-state index < -0.39 is 11.8 Å². The molecule has 1 unspecified atom stereocenters. The van der Waals surface area contributed by atoms with Gasteiger partial charge in [0.25, 0.3) is 0 Å². The van der Waals surface area contributed by atoms with Gasteiger partial charge >= 0.3 is 5.97 Å². The standard InChI is InChI=1S/C29H34ClFN2O5/c1-19(22-7-9-24(30)10-8-22)32(17-20-2-5-23(6-3-20)29(36)37)18-21-4-11-26(25(31)16-21)38-15-14-33-27(34)12-13-28(33)35/h4,7-11,16,19-20,23H,2-3,5-6,12-15,17-18H2,1H3,(H,36,37)/t19?,20-,23-. The van der Waals surface area contributed by atoms with Gasteiger partial charge in [-0.1, -0.05) is 29.8 Å². The van der Waals surface area contributed by atoms with E-state index in [2.05, 4.69) is 11.8 Å². The molecule has 2 aromatic rings. The number of hydrogen-bond donors (Lipinski definition) is 1. The van der Waals surface area contributed by atoms with Gasteiger partial charge in [-0.2, -0.15) is 0 Å². The second-order valence-electron chi connectivity index (χ2n) is 10.3. The molecule has 1 aliphatic carbocycles. The third-order valence-corrected chi connectivity index (χ3v) is 7.95. The Kier molecular flexibility index (Phi) is 9.39. The van der Waals surface area contributed by atoms with Crippen molar-refractivity contribution in [1.29, 1.82) is 0 Å². The summed E-state index contributed by atoms with van der Waals surface area (Å²) in [4.78, 5) is 38.3. The molecule has 2 aromatic carbocycles. The average Bonchev–Trinajstić information content (AvgIpc) is 3.22. The van der Waals surface area contributed by atoms with E-state index in [0.29, 0.717) is 30.3 Å². The molecule has 0 aromatic heterocycles. The first-order valence-corrected chi connectivity index (χ1v) is 13.6. The lowest BCUT2D eigenvalue weighted by molar-refractivity contribution is -0.143. The molecule has 204 valence electrons. The number of ether oxygens (including phenoxy) is 1. The molecule has 0 radical (unpaired) electrons. The fourth-order valence-electron chi connectivity index (χ4n) is 5.35. The van der Waals surface area contributed by atoms with Crippen LogP contribution in [0.3, 0.4) is 0 Å².